The normalized spacial score (nSPS) is 21.0. The van der Waals surface area contributed by atoms with Gasteiger partial charge in [-0.15, -0.1) is 0 Å². The molecular weight excluding hydrogens is 292 g/mol. The fourth-order valence-electron chi connectivity index (χ4n) is 3.22. The Morgan fingerprint density at radius 1 is 1.39 bits per heavy atom. The first-order chi connectivity index (χ1) is 11.3. The van der Waals surface area contributed by atoms with Crippen molar-refractivity contribution in [3.05, 3.63) is 35.9 Å². The van der Waals surface area contributed by atoms with Crippen molar-refractivity contribution in [1.29, 1.82) is 0 Å². The van der Waals surface area contributed by atoms with Gasteiger partial charge in [-0.3, -0.25) is 0 Å². The van der Waals surface area contributed by atoms with Gasteiger partial charge in [0.15, 0.2) is 0 Å². The molecule has 0 radical (unpaired) electrons. The number of rotatable bonds is 7. The predicted molar refractivity (Wildman–Crippen MR) is 89.6 cm³/mol. The molecule has 1 fully saturated rings. The summed E-state index contributed by atoms with van der Waals surface area (Å²) in [5.74, 6) is 0.662. The molecule has 3 rings (SSSR count). The van der Waals surface area contributed by atoms with E-state index < -0.39 is 0 Å². The highest BCUT2D eigenvalue weighted by Crippen LogP contribution is 2.31. The summed E-state index contributed by atoms with van der Waals surface area (Å²) >= 11 is 0. The molecule has 124 valence electrons. The number of aliphatic hydroxyl groups excluding tert-OH is 1. The van der Waals surface area contributed by atoms with Crippen LogP contribution in [0.25, 0.3) is 10.9 Å². The zero-order valence-electron chi connectivity index (χ0n) is 13.5. The van der Waals surface area contributed by atoms with Crippen molar-refractivity contribution < 1.29 is 14.6 Å². The molecule has 1 saturated heterocycles. The van der Waals surface area contributed by atoms with E-state index in [9.17, 15) is 5.11 Å². The molecule has 1 aliphatic heterocycles. The Bertz CT molecular complexity index is 654. The molecule has 1 aromatic carbocycles. The summed E-state index contributed by atoms with van der Waals surface area (Å²) in [7, 11) is 1.65. The minimum Gasteiger partial charge on any atom is -0.481 e. The van der Waals surface area contributed by atoms with Crippen molar-refractivity contribution in [3.63, 3.8) is 0 Å². The molecule has 0 saturated carbocycles. The molecule has 1 aliphatic rings. The van der Waals surface area contributed by atoms with Crippen molar-refractivity contribution in [1.82, 2.24) is 10.3 Å². The van der Waals surface area contributed by atoms with Gasteiger partial charge in [0.1, 0.15) is 0 Å². The van der Waals surface area contributed by atoms with Gasteiger partial charge < -0.3 is 19.9 Å². The standard InChI is InChI=1S/C18H24N2O3/c1-22-17-15(10-14-4-2-3-5-16(14)20-17)11-19-12-18(6-8-21)7-9-23-13-18/h2-5,10,19,21H,6-9,11-13H2,1H3. The van der Waals surface area contributed by atoms with Crippen molar-refractivity contribution in [2.45, 2.75) is 19.4 Å². The molecule has 5 heteroatoms. The maximum absolute atomic E-state index is 9.30. The number of methoxy groups -OCH3 is 1. The molecule has 1 atom stereocenters. The monoisotopic (exact) mass is 316 g/mol. The lowest BCUT2D eigenvalue weighted by Crippen LogP contribution is -2.35. The minimum absolute atomic E-state index is 0.0479. The van der Waals surface area contributed by atoms with Gasteiger partial charge in [-0.25, -0.2) is 4.98 Å². The number of pyridine rings is 1. The lowest BCUT2D eigenvalue weighted by Gasteiger charge is -2.27. The summed E-state index contributed by atoms with van der Waals surface area (Å²) in [6.07, 6.45) is 1.76. The smallest absolute Gasteiger partial charge is 0.218 e. The quantitative estimate of drug-likeness (QED) is 0.819. The fourth-order valence-corrected chi connectivity index (χ4v) is 3.22. The second-order valence-electron chi connectivity index (χ2n) is 6.23. The number of para-hydroxylation sites is 1. The van der Waals surface area contributed by atoms with Gasteiger partial charge >= 0.3 is 0 Å². The number of hydrogen-bond acceptors (Lipinski definition) is 5. The van der Waals surface area contributed by atoms with Crippen LogP contribution in [0.3, 0.4) is 0 Å². The highest BCUT2D eigenvalue weighted by atomic mass is 16.5. The van der Waals surface area contributed by atoms with Gasteiger partial charge in [0, 0.05) is 42.7 Å². The molecule has 1 unspecified atom stereocenters. The van der Waals surface area contributed by atoms with Gasteiger partial charge in [-0.1, -0.05) is 18.2 Å². The Morgan fingerprint density at radius 3 is 3.00 bits per heavy atom. The molecule has 2 aromatic rings. The minimum atomic E-state index is 0.0479. The summed E-state index contributed by atoms with van der Waals surface area (Å²) in [5.41, 5.74) is 2.03. The van der Waals surface area contributed by atoms with Crippen LogP contribution in [0.1, 0.15) is 18.4 Å². The van der Waals surface area contributed by atoms with Crippen LogP contribution in [0.5, 0.6) is 5.88 Å². The second kappa shape index (κ2) is 7.25. The third-order valence-electron chi connectivity index (χ3n) is 4.60. The summed E-state index contributed by atoms with van der Waals surface area (Å²) in [4.78, 5) is 4.57. The van der Waals surface area contributed by atoms with E-state index in [-0.39, 0.29) is 12.0 Å². The Morgan fingerprint density at radius 2 is 2.26 bits per heavy atom. The van der Waals surface area contributed by atoms with Crippen molar-refractivity contribution in [2.24, 2.45) is 5.41 Å². The molecule has 0 bridgehead atoms. The lowest BCUT2D eigenvalue weighted by atomic mass is 9.84. The number of aliphatic hydroxyl groups is 1. The Hall–Kier alpha value is -1.69. The van der Waals surface area contributed by atoms with Crippen LogP contribution in [0.2, 0.25) is 0 Å². The van der Waals surface area contributed by atoms with Crippen LogP contribution in [0.4, 0.5) is 0 Å². The summed E-state index contributed by atoms with van der Waals surface area (Å²) in [6.45, 7) is 3.21. The molecule has 5 nitrogen and oxygen atoms in total. The number of benzene rings is 1. The van der Waals surface area contributed by atoms with Crippen LogP contribution in [-0.2, 0) is 11.3 Å². The summed E-state index contributed by atoms with van der Waals surface area (Å²) in [5, 5.41) is 13.9. The first-order valence-corrected chi connectivity index (χ1v) is 8.08. The molecule has 23 heavy (non-hydrogen) atoms. The predicted octanol–water partition coefficient (Wildman–Crippen LogP) is 2.12. The topological polar surface area (TPSA) is 63.6 Å². The molecule has 0 amide bonds. The fraction of sp³-hybridized carbons (Fsp3) is 0.500. The van der Waals surface area contributed by atoms with E-state index in [1.165, 1.54) is 0 Å². The maximum Gasteiger partial charge on any atom is 0.218 e. The molecular formula is C18H24N2O3. The molecule has 2 heterocycles. The maximum atomic E-state index is 9.30. The van der Waals surface area contributed by atoms with Gasteiger partial charge in [0.2, 0.25) is 5.88 Å². The number of aromatic nitrogens is 1. The van der Waals surface area contributed by atoms with Gasteiger partial charge in [0.05, 0.1) is 19.2 Å². The molecule has 1 aromatic heterocycles. The van der Waals surface area contributed by atoms with Crippen LogP contribution >= 0.6 is 0 Å². The van der Waals surface area contributed by atoms with Crippen LogP contribution < -0.4 is 10.1 Å². The first kappa shape index (κ1) is 16.2. The van der Waals surface area contributed by atoms with E-state index in [0.29, 0.717) is 19.0 Å². The largest absolute Gasteiger partial charge is 0.481 e. The van der Waals surface area contributed by atoms with Crippen molar-refractivity contribution in [2.75, 3.05) is 33.5 Å². The molecule has 0 aliphatic carbocycles. The Balaban J connectivity index is 1.71. The summed E-state index contributed by atoms with van der Waals surface area (Å²) in [6, 6.07) is 10.2. The third kappa shape index (κ3) is 3.63. The average Bonchev–Trinajstić information content (AvgIpc) is 3.03. The highest BCUT2D eigenvalue weighted by molar-refractivity contribution is 5.80. The highest BCUT2D eigenvalue weighted by Gasteiger charge is 2.33. The number of nitrogens with one attached hydrogen (secondary N) is 1. The Labute approximate surface area is 136 Å². The van der Waals surface area contributed by atoms with E-state index >= 15 is 0 Å². The Kier molecular flexibility index (Phi) is 5.10. The number of nitrogens with zero attached hydrogens (tertiary/aromatic N) is 1. The van der Waals surface area contributed by atoms with E-state index in [4.69, 9.17) is 9.47 Å². The third-order valence-corrected chi connectivity index (χ3v) is 4.60. The van der Waals surface area contributed by atoms with Crippen molar-refractivity contribution in [3.8, 4) is 5.88 Å². The van der Waals surface area contributed by atoms with Crippen LogP contribution in [0, 0.1) is 5.41 Å². The number of ether oxygens (including phenoxy) is 2. The van der Waals surface area contributed by atoms with Crippen molar-refractivity contribution >= 4 is 10.9 Å². The first-order valence-electron chi connectivity index (χ1n) is 8.08. The van der Waals surface area contributed by atoms with E-state index in [2.05, 4.69) is 22.4 Å². The number of hydrogen-bond donors (Lipinski definition) is 2. The summed E-state index contributed by atoms with van der Waals surface area (Å²) < 4.78 is 11.0. The lowest BCUT2D eigenvalue weighted by molar-refractivity contribution is 0.124. The second-order valence-corrected chi connectivity index (χ2v) is 6.23. The molecule has 0 spiro atoms. The van der Waals surface area contributed by atoms with E-state index in [1.54, 1.807) is 7.11 Å². The van der Waals surface area contributed by atoms with Crippen LogP contribution in [0.15, 0.2) is 30.3 Å². The average molecular weight is 316 g/mol. The van der Waals surface area contributed by atoms with E-state index in [1.807, 2.05) is 18.2 Å². The SMILES string of the molecule is COc1nc2ccccc2cc1CNCC1(CCO)CCOC1. The van der Waals surface area contributed by atoms with E-state index in [0.717, 1.165) is 42.5 Å². The van der Waals surface area contributed by atoms with Crippen LogP contribution in [-0.4, -0.2) is 43.6 Å². The van der Waals surface area contributed by atoms with Gasteiger partial charge in [-0.2, -0.15) is 0 Å². The molecule has 2 N–H and O–H groups in total. The zero-order valence-corrected chi connectivity index (χ0v) is 13.5. The number of fused-ring (bicyclic) bond motifs is 1. The van der Waals surface area contributed by atoms with Gasteiger partial charge in [0.25, 0.3) is 0 Å². The zero-order chi connectivity index (χ0) is 16.1. The van der Waals surface area contributed by atoms with Gasteiger partial charge in [-0.05, 0) is 25.0 Å².